The van der Waals surface area contributed by atoms with Gasteiger partial charge >= 0.3 is 5.69 Å². The molecule has 8 heteroatoms. The molecule has 0 aliphatic heterocycles. The van der Waals surface area contributed by atoms with Crippen molar-refractivity contribution in [2.45, 2.75) is 6.92 Å². The van der Waals surface area contributed by atoms with E-state index < -0.39 is 10.8 Å². The molecule has 0 bridgehead atoms. The van der Waals surface area contributed by atoms with Crippen molar-refractivity contribution in [3.05, 3.63) is 27.4 Å². The van der Waals surface area contributed by atoms with Crippen LogP contribution in [0, 0.1) is 10.1 Å². The Hall–Kier alpha value is -1.89. The summed E-state index contributed by atoms with van der Waals surface area (Å²) >= 11 is 5.68. The SMILES string of the molecule is CCN(CC(N)=O)c1nc(Cl)ccc1[N+](=O)[O-]. The first-order valence-electron chi connectivity index (χ1n) is 4.80. The monoisotopic (exact) mass is 258 g/mol. The third-order valence-electron chi connectivity index (χ3n) is 2.05. The van der Waals surface area contributed by atoms with Gasteiger partial charge in [0.15, 0.2) is 0 Å². The van der Waals surface area contributed by atoms with Gasteiger partial charge < -0.3 is 10.6 Å². The molecule has 17 heavy (non-hydrogen) atoms. The first kappa shape index (κ1) is 13.2. The second-order valence-corrected chi connectivity index (χ2v) is 3.60. The van der Waals surface area contributed by atoms with E-state index in [1.807, 2.05) is 0 Å². The second-order valence-electron chi connectivity index (χ2n) is 3.21. The van der Waals surface area contributed by atoms with Crippen molar-refractivity contribution < 1.29 is 9.72 Å². The number of hydrogen-bond acceptors (Lipinski definition) is 5. The van der Waals surface area contributed by atoms with E-state index in [-0.39, 0.29) is 23.2 Å². The predicted molar refractivity (Wildman–Crippen MR) is 63.0 cm³/mol. The van der Waals surface area contributed by atoms with Crippen LogP contribution in [0.1, 0.15) is 6.92 Å². The van der Waals surface area contributed by atoms with Crippen molar-refractivity contribution in [3.8, 4) is 0 Å². The highest BCUT2D eigenvalue weighted by Gasteiger charge is 2.21. The van der Waals surface area contributed by atoms with Crippen LogP contribution in [-0.4, -0.2) is 28.9 Å². The van der Waals surface area contributed by atoms with E-state index >= 15 is 0 Å². The van der Waals surface area contributed by atoms with E-state index in [0.29, 0.717) is 6.54 Å². The van der Waals surface area contributed by atoms with Crippen molar-refractivity contribution in [2.75, 3.05) is 18.0 Å². The molecule has 0 fully saturated rings. The quantitative estimate of drug-likeness (QED) is 0.481. The van der Waals surface area contributed by atoms with Gasteiger partial charge in [0.2, 0.25) is 11.7 Å². The fourth-order valence-electron chi connectivity index (χ4n) is 1.32. The third kappa shape index (κ3) is 3.28. The van der Waals surface area contributed by atoms with Gasteiger partial charge in [-0.1, -0.05) is 11.6 Å². The molecule has 1 amide bonds. The lowest BCUT2D eigenvalue weighted by Gasteiger charge is -2.19. The van der Waals surface area contributed by atoms with Gasteiger partial charge in [-0.3, -0.25) is 14.9 Å². The summed E-state index contributed by atoms with van der Waals surface area (Å²) in [6.45, 7) is 1.94. The molecule has 0 unspecified atom stereocenters. The number of carbonyl (C=O) groups is 1. The molecule has 7 nitrogen and oxygen atoms in total. The fourth-order valence-corrected chi connectivity index (χ4v) is 1.46. The number of amides is 1. The van der Waals surface area contributed by atoms with E-state index in [1.165, 1.54) is 17.0 Å². The molecule has 0 aromatic carbocycles. The van der Waals surface area contributed by atoms with Gasteiger partial charge in [-0.15, -0.1) is 0 Å². The molecule has 0 radical (unpaired) electrons. The first-order valence-corrected chi connectivity index (χ1v) is 5.17. The number of rotatable bonds is 5. The fraction of sp³-hybridized carbons (Fsp3) is 0.333. The van der Waals surface area contributed by atoms with Crippen molar-refractivity contribution in [3.63, 3.8) is 0 Å². The van der Waals surface area contributed by atoms with Crippen LogP contribution in [0.25, 0.3) is 0 Å². The van der Waals surface area contributed by atoms with Crippen LogP contribution < -0.4 is 10.6 Å². The van der Waals surface area contributed by atoms with Crippen LogP contribution in [-0.2, 0) is 4.79 Å². The van der Waals surface area contributed by atoms with E-state index in [1.54, 1.807) is 6.92 Å². The minimum Gasteiger partial charge on any atom is -0.368 e. The maximum atomic E-state index is 10.9. The number of nitrogens with two attached hydrogens (primary N) is 1. The molecule has 1 rings (SSSR count). The maximum absolute atomic E-state index is 10.9. The van der Waals surface area contributed by atoms with Crippen molar-refractivity contribution >= 4 is 29.0 Å². The van der Waals surface area contributed by atoms with Gasteiger partial charge in [-0.2, -0.15) is 0 Å². The van der Waals surface area contributed by atoms with Gasteiger partial charge in [0.1, 0.15) is 5.15 Å². The molecule has 92 valence electrons. The number of pyridine rings is 1. The highest BCUT2D eigenvalue weighted by Crippen LogP contribution is 2.27. The van der Waals surface area contributed by atoms with E-state index in [4.69, 9.17) is 17.3 Å². The lowest BCUT2D eigenvalue weighted by atomic mass is 10.3. The van der Waals surface area contributed by atoms with Crippen LogP contribution in [0.5, 0.6) is 0 Å². The van der Waals surface area contributed by atoms with E-state index in [9.17, 15) is 14.9 Å². The molecular formula is C9H11ClN4O3. The molecule has 0 saturated heterocycles. The summed E-state index contributed by atoms with van der Waals surface area (Å²) < 4.78 is 0. The zero-order valence-electron chi connectivity index (χ0n) is 9.09. The van der Waals surface area contributed by atoms with Gasteiger partial charge in [0, 0.05) is 12.6 Å². The van der Waals surface area contributed by atoms with Gasteiger partial charge in [-0.25, -0.2) is 4.98 Å². The smallest absolute Gasteiger partial charge is 0.311 e. The number of aromatic nitrogens is 1. The highest BCUT2D eigenvalue weighted by molar-refractivity contribution is 6.29. The lowest BCUT2D eigenvalue weighted by molar-refractivity contribution is -0.384. The Morgan fingerprint density at radius 3 is 2.76 bits per heavy atom. The first-order chi connectivity index (χ1) is 7.95. The zero-order valence-corrected chi connectivity index (χ0v) is 9.85. The number of nitrogens with zero attached hydrogens (tertiary/aromatic N) is 3. The largest absolute Gasteiger partial charge is 0.368 e. The molecule has 0 atom stereocenters. The summed E-state index contributed by atoms with van der Waals surface area (Å²) in [5, 5.41) is 10.9. The highest BCUT2D eigenvalue weighted by atomic mass is 35.5. The topological polar surface area (TPSA) is 102 Å². The predicted octanol–water partition coefficient (Wildman–Crippen LogP) is 0.955. The number of primary amides is 1. The van der Waals surface area contributed by atoms with Crippen molar-refractivity contribution in [2.24, 2.45) is 5.73 Å². The maximum Gasteiger partial charge on any atom is 0.311 e. The minimum absolute atomic E-state index is 0.0452. The number of anilines is 1. The average molecular weight is 259 g/mol. The Labute approximate surface area is 102 Å². The molecule has 0 saturated carbocycles. The average Bonchev–Trinajstić information content (AvgIpc) is 2.25. The number of halogens is 1. The van der Waals surface area contributed by atoms with Gasteiger partial charge in [0.05, 0.1) is 11.5 Å². The van der Waals surface area contributed by atoms with Crippen LogP contribution in [0.15, 0.2) is 12.1 Å². The number of carbonyl (C=O) groups excluding carboxylic acids is 1. The zero-order chi connectivity index (χ0) is 13.0. The summed E-state index contributed by atoms with van der Waals surface area (Å²) in [5.74, 6) is -0.549. The standard InChI is InChI=1S/C9H11ClN4O3/c1-2-13(5-8(11)15)9-6(14(16)17)3-4-7(10)12-9/h3-4H,2,5H2,1H3,(H2,11,15). The number of hydrogen-bond donors (Lipinski definition) is 1. The molecule has 1 aromatic heterocycles. The van der Waals surface area contributed by atoms with Crippen molar-refractivity contribution in [1.29, 1.82) is 0 Å². The Kier molecular flexibility index (Phi) is 4.22. The van der Waals surface area contributed by atoms with Crippen LogP contribution in [0.2, 0.25) is 5.15 Å². The number of nitro groups is 1. The Balaban J connectivity index is 3.20. The third-order valence-corrected chi connectivity index (χ3v) is 2.26. The van der Waals surface area contributed by atoms with Crippen LogP contribution in [0.4, 0.5) is 11.5 Å². The van der Waals surface area contributed by atoms with E-state index in [0.717, 1.165) is 0 Å². The lowest BCUT2D eigenvalue weighted by Crippen LogP contribution is -2.34. The normalized spacial score (nSPS) is 10.0. The Morgan fingerprint density at radius 1 is 1.65 bits per heavy atom. The van der Waals surface area contributed by atoms with Crippen LogP contribution >= 0.6 is 11.6 Å². The van der Waals surface area contributed by atoms with Gasteiger partial charge in [0.25, 0.3) is 0 Å². The molecule has 1 aromatic rings. The summed E-state index contributed by atoms with van der Waals surface area (Å²) in [4.78, 5) is 26.4. The Morgan fingerprint density at radius 2 is 2.29 bits per heavy atom. The van der Waals surface area contributed by atoms with Crippen molar-refractivity contribution in [1.82, 2.24) is 4.98 Å². The molecule has 0 spiro atoms. The summed E-state index contributed by atoms with van der Waals surface area (Å²) in [7, 11) is 0. The molecule has 1 heterocycles. The van der Waals surface area contributed by atoms with Gasteiger partial charge in [-0.05, 0) is 13.0 Å². The van der Waals surface area contributed by atoms with E-state index in [2.05, 4.69) is 4.98 Å². The number of likely N-dealkylation sites (N-methyl/N-ethyl adjacent to an activating group) is 1. The second kappa shape index (κ2) is 5.44. The summed E-state index contributed by atoms with van der Waals surface area (Å²) in [6.07, 6.45) is 0. The molecular weight excluding hydrogens is 248 g/mol. The summed E-state index contributed by atoms with van der Waals surface area (Å²) in [5.41, 5.74) is 4.85. The molecule has 0 aliphatic rings. The van der Waals surface area contributed by atoms with Crippen LogP contribution in [0.3, 0.4) is 0 Å². The molecule has 0 aliphatic carbocycles. The molecule has 2 N–H and O–H groups in total. The Bertz CT molecular complexity index is 452. The summed E-state index contributed by atoms with van der Waals surface area (Å²) in [6, 6.07) is 2.57. The minimum atomic E-state index is -0.595.